The molecule has 3 heterocycles. The molecule has 0 aliphatic carbocycles. The van der Waals surface area contributed by atoms with Crippen molar-refractivity contribution in [2.24, 2.45) is 0 Å². The predicted octanol–water partition coefficient (Wildman–Crippen LogP) is 0.939. The minimum atomic E-state index is -0.101. The van der Waals surface area contributed by atoms with Crippen LogP contribution < -0.4 is 9.62 Å². The van der Waals surface area contributed by atoms with Crippen LogP contribution in [0.2, 0.25) is 0 Å². The molecule has 8 heteroatoms. The molecular weight excluding hydrogens is 314 g/mol. The van der Waals surface area contributed by atoms with E-state index in [2.05, 4.69) is 15.4 Å². The van der Waals surface area contributed by atoms with Gasteiger partial charge in [0, 0.05) is 31.2 Å². The Kier molecular flexibility index (Phi) is 4.94. The maximum atomic E-state index is 12.2. The van der Waals surface area contributed by atoms with Gasteiger partial charge in [0.15, 0.2) is 5.82 Å². The SMILES string of the molecule is O=C(NCc1cccnc1)C1=CCN(c2ccn(CCO)n2)S1. The number of aliphatic hydroxyl groups is 1. The van der Waals surface area contributed by atoms with E-state index in [1.165, 1.54) is 11.9 Å². The van der Waals surface area contributed by atoms with Gasteiger partial charge in [-0.05, 0) is 29.7 Å². The van der Waals surface area contributed by atoms with Crippen molar-refractivity contribution in [1.82, 2.24) is 20.1 Å². The van der Waals surface area contributed by atoms with Crippen LogP contribution in [0.4, 0.5) is 5.82 Å². The third-order valence-corrected chi connectivity index (χ3v) is 4.37. The van der Waals surface area contributed by atoms with Crippen molar-refractivity contribution >= 4 is 23.7 Å². The highest BCUT2D eigenvalue weighted by molar-refractivity contribution is 8.05. The fourth-order valence-corrected chi connectivity index (χ4v) is 3.00. The van der Waals surface area contributed by atoms with E-state index in [0.29, 0.717) is 24.5 Å². The molecule has 120 valence electrons. The van der Waals surface area contributed by atoms with E-state index in [-0.39, 0.29) is 12.5 Å². The summed E-state index contributed by atoms with van der Waals surface area (Å²) in [6.45, 7) is 1.59. The summed E-state index contributed by atoms with van der Waals surface area (Å²) >= 11 is 1.37. The lowest BCUT2D eigenvalue weighted by Gasteiger charge is -2.13. The van der Waals surface area contributed by atoms with Crippen LogP contribution in [0.15, 0.2) is 47.8 Å². The third kappa shape index (κ3) is 3.91. The fourth-order valence-electron chi connectivity index (χ4n) is 2.12. The zero-order chi connectivity index (χ0) is 16.1. The van der Waals surface area contributed by atoms with Gasteiger partial charge in [0.1, 0.15) is 0 Å². The molecule has 0 fully saturated rings. The minimum Gasteiger partial charge on any atom is -0.394 e. The zero-order valence-electron chi connectivity index (χ0n) is 12.4. The zero-order valence-corrected chi connectivity index (χ0v) is 13.2. The number of carbonyl (C=O) groups excluding carboxylic acids is 1. The summed E-state index contributed by atoms with van der Waals surface area (Å²) in [5, 5.41) is 16.2. The van der Waals surface area contributed by atoms with Gasteiger partial charge in [-0.2, -0.15) is 5.10 Å². The van der Waals surface area contributed by atoms with Crippen molar-refractivity contribution in [2.45, 2.75) is 13.1 Å². The molecule has 0 unspecified atom stereocenters. The number of pyridine rings is 1. The van der Waals surface area contributed by atoms with Crippen molar-refractivity contribution in [3.8, 4) is 0 Å². The number of anilines is 1. The molecule has 0 spiro atoms. The van der Waals surface area contributed by atoms with E-state index in [0.717, 1.165) is 11.4 Å². The van der Waals surface area contributed by atoms with Crippen LogP contribution in [0.3, 0.4) is 0 Å². The highest BCUT2D eigenvalue weighted by atomic mass is 32.2. The molecule has 1 aliphatic heterocycles. The molecule has 1 amide bonds. The maximum absolute atomic E-state index is 12.2. The number of aromatic nitrogens is 3. The Balaban J connectivity index is 1.53. The molecule has 0 saturated heterocycles. The number of nitrogens with zero attached hydrogens (tertiary/aromatic N) is 4. The van der Waals surface area contributed by atoms with Gasteiger partial charge >= 0.3 is 0 Å². The third-order valence-electron chi connectivity index (χ3n) is 3.26. The Hall–Kier alpha value is -2.32. The highest BCUT2D eigenvalue weighted by Gasteiger charge is 2.22. The molecular formula is C15H17N5O2S. The first-order valence-corrected chi connectivity index (χ1v) is 8.00. The van der Waals surface area contributed by atoms with E-state index in [1.54, 1.807) is 17.1 Å². The molecule has 7 nitrogen and oxygen atoms in total. The highest BCUT2D eigenvalue weighted by Crippen LogP contribution is 2.31. The summed E-state index contributed by atoms with van der Waals surface area (Å²) < 4.78 is 3.61. The van der Waals surface area contributed by atoms with Crippen molar-refractivity contribution in [3.63, 3.8) is 0 Å². The predicted molar refractivity (Wildman–Crippen MR) is 88.4 cm³/mol. The Bertz CT molecular complexity index is 701. The van der Waals surface area contributed by atoms with Crippen LogP contribution in [-0.4, -0.2) is 38.9 Å². The molecule has 0 bridgehead atoms. The number of hydrogen-bond acceptors (Lipinski definition) is 6. The molecule has 3 rings (SSSR count). The number of hydrogen-bond donors (Lipinski definition) is 2. The standard InChI is InChI=1S/C15H17N5O2S/c21-9-8-19-6-4-14(18-19)20-7-3-13(23-20)15(22)17-11-12-2-1-5-16-10-12/h1-6,10,21H,7-9,11H2,(H,17,22). The topological polar surface area (TPSA) is 83.3 Å². The van der Waals surface area contributed by atoms with Gasteiger partial charge in [0.2, 0.25) is 0 Å². The van der Waals surface area contributed by atoms with Crippen LogP contribution in [-0.2, 0) is 17.9 Å². The van der Waals surface area contributed by atoms with Crippen LogP contribution in [0.1, 0.15) is 5.56 Å². The van der Waals surface area contributed by atoms with E-state index in [1.807, 2.05) is 34.8 Å². The van der Waals surface area contributed by atoms with Gasteiger partial charge in [-0.15, -0.1) is 0 Å². The lowest BCUT2D eigenvalue weighted by Crippen LogP contribution is -2.23. The van der Waals surface area contributed by atoms with E-state index >= 15 is 0 Å². The average Bonchev–Trinajstić information content (AvgIpc) is 3.23. The first kappa shape index (κ1) is 15.6. The van der Waals surface area contributed by atoms with E-state index in [9.17, 15) is 4.79 Å². The van der Waals surface area contributed by atoms with Gasteiger partial charge in [-0.25, -0.2) is 0 Å². The molecule has 2 N–H and O–H groups in total. The normalized spacial score (nSPS) is 14.0. The molecule has 23 heavy (non-hydrogen) atoms. The van der Waals surface area contributed by atoms with Gasteiger partial charge in [0.25, 0.3) is 5.91 Å². The van der Waals surface area contributed by atoms with Crippen molar-refractivity contribution in [1.29, 1.82) is 0 Å². The molecule has 1 aliphatic rings. The Morgan fingerprint density at radius 2 is 2.35 bits per heavy atom. The van der Waals surface area contributed by atoms with Crippen molar-refractivity contribution < 1.29 is 9.90 Å². The van der Waals surface area contributed by atoms with Gasteiger partial charge in [-0.3, -0.25) is 18.8 Å². The molecule has 0 aromatic carbocycles. The first-order valence-electron chi connectivity index (χ1n) is 7.23. The number of aliphatic hydroxyl groups excluding tert-OH is 1. The molecule has 0 atom stereocenters. The van der Waals surface area contributed by atoms with E-state index < -0.39 is 0 Å². The van der Waals surface area contributed by atoms with Crippen LogP contribution >= 0.6 is 11.9 Å². The van der Waals surface area contributed by atoms with Gasteiger partial charge in [0.05, 0.1) is 24.6 Å². The minimum absolute atomic E-state index is 0.0501. The molecule has 2 aromatic heterocycles. The lowest BCUT2D eigenvalue weighted by atomic mass is 10.3. The number of nitrogens with one attached hydrogen (secondary N) is 1. The largest absolute Gasteiger partial charge is 0.394 e. The molecule has 0 radical (unpaired) electrons. The Morgan fingerprint density at radius 1 is 1.43 bits per heavy atom. The van der Waals surface area contributed by atoms with Crippen molar-refractivity contribution in [2.75, 3.05) is 17.5 Å². The number of amides is 1. The summed E-state index contributed by atoms with van der Waals surface area (Å²) in [4.78, 5) is 16.9. The summed E-state index contributed by atoms with van der Waals surface area (Å²) in [6, 6.07) is 5.63. The number of carbonyl (C=O) groups is 1. The Morgan fingerprint density at radius 3 is 3.13 bits per heavy atom. The molecule has 0 saturated carbocycles. The fraction of sp³-hybridized carbons (Fsp3) is 0.267. The first-order chi connectivity index (χ1) is 11.3. The second-order valence-electron chi connectivity index (χ2n) is 4.93. The summed E-state index contributed by atoms with van der Waals surface area (Å²) in [5.41, 5.74) is 0.962. The van der Waals surface area contributed by atoms with Crippen molar-refractivity contribution in [3.05, 3.63) is 53.3 Å². The lowest BCUT2D eigenvalue weighted by molar-refractivity contribution is -0.116. The number of rotatable bonds is 6. The van der Waals surface area contributed by atoms with E-state index in [4.69, 9.17) is 5.11 Å². The maximum Gasteiger partial charge on any atom is 0.259 e. The monoisotopic (exact) mass is 331 g/mol. The Labute approximate surface area is 138 Å². The smallest absolute Gasteiger partial charge is 0.259 e. The second kappa shape index (κ2) is 7.30. The second-order valence-corrected chi connectivity index (χ2v) is 5.99. The summed E-state index contributed by atoms with van der Waals surface area (Å²) in [6.07, 6.45) is 7.13. The van der Waals surface area contributed by atoms with Gasteiger partial charge in [-0.1, -0.05) is 6.07 Å². The van der Waals surface area contributed by atoms with Crippen LogP contribution in [0, 0.1) is 0 Å². The van der Waals surface area contributed by atoms with Crippen LogP contribution in [0.5, 0.6) is 0 Å². The van der Waals surface area contributed by atoms with Crippen LogP contribution in [0.25, 0.3) is 0 Å². The quantitative estimate of drug-likeness (QED) is 0.767. The average molecular weight is 331 g/mol. The van der Waals surface area contributed by atoms with Gasteiger partial charge < -0.3 is 10.4 Å². The summed E-state index contributed by atoms with van der Waals surface area (Å²) in [5.74, 6) is 0.672. The summed E-state index contributed by atoms with van der Waals surface area (Å²) in [7, 11) is 0. The molecule has 2 aromatic rings.